The number of Topliss-reactive ketones (excluding diaryl/α,β-unsaturated/α-hetero) is 1. The molecule has 2 aromatic carbocycles. The van der Waals surface area contributed by atoms with Crippen molar-refractivity contribution in [2.24, 2.45) is 0 Å². The summed E-state index contributed by atoms with van der Waals surface area (Å²) < 4.78 is 5.33. The molecule has 34 heavy (non-hydrogen) atoms. The van der Waals surface area contributed by atoms with Crippen molar-refractivity contribution in [2.75, 3.05) is 0 Å². The number of carbonyl (C=O) groups is 5. The Balaban J connectivity index is 1.54. The highest BCUT2D eigenvalue weighted by Gasteiger charge is 2.34. The van der Waals surface area contributed by atoms with Crippen molar-refractivity contribution in [3.8, 4) is 0 Å². The minimum atomic E-state index is -1.12. The molecule has 4 rings (SSSR count). The van der Waals surface area contributed by atoms with Gasteiger partial charge in [-0.05, 0) is 31.2 Å². The number of carbonyl (C=O) groups excluding carboxylic acids is 5. The van der Waals surface area contributed by atoms with E-state index in [-0.39, 0.29) is 44.5 Å². The normalized spacial score (nSPS) is 13.0. The number of amides is 1. The lowest BCUT2D eigenvalue weighted by atomic mass is 9.83. The maximum absolute atomic E-state index is 13.0. The fourth-order valence-electron chi connectivity index (χ4n) is 3.60. The molecule has 0 saturated carbocycles. The average Bonchev–Trinajstić information content (AvgIpc) is 3.29. The number of esters is 1. The Kier molecular flexibility index (Phi) is 6.45. The minimum Gasteiger partial charge on any atom is -0.451 e. The van der Waals surface area contributed by atoms with Gasteiger partial charge in [0.15, 0.2) is 17.7 Å². The first kappa shape index (κ1) is 23.5. The molecule has 9 heteroatoms. The fourth-order valence-corrected chi connectivity index (χ4v) is 4.89. The predicted octanol–water partition coefficient (Wildman–Crippen LogP) is 4.24. The number of hydrogen-bond donors (Lipinski definition) is 1. The molecule has 1 aliphatic rings. The molecule has 172 valence electrons. The van der Waals surface area contributed by atoms with E-state index < -0.39 is 23.6 Å². The number of ether oxygens (including phenoxy) is 1. The second kappa shape index (κ2) is 9.32. The molecular formula is C25H18ClNO6S. The number of ketones is 3. The Hall–Kier alpha value is -3.62. The van der Waals surface area contributed by atoms with Crippen LogP contribution in [0.15, 0.2) is 48.5 Å². The number of rotatable bonds is 6. The summed E-state index contributed by atoms with van der Waals surface area (Å²) >= 11 is 7.59. The van der Waals surface area contributed by atoms with Gasteiger partial charge in [-0.1, -0.05) is 35.9 Å². The highest BCUT2D eigenvalue weighted by molar-refractivity contribution is 7.14. The van der Waals surface area contributed by atoms with E-state index in [1.807, 2.05) is 0 Å². The Bertz CT molecular complexity index is 1380. The number of nitrogens with one attached hydrogen (secondary N) is 1. The monoisotopic (exact) mass is 495 g/mol. The van der Waals surface area contributed by atoms with Crippen molar-refractivity contribution in [1.82, 2.24) is 5.32 Å². The maximum Gasteiger partial charge on any atom is 0.340 e. The summed E-state index contributed by atoms with van der Waals surface area (Å²) in [5.74, 6) is -2.30. The van der Waals surface area contributed by atoms with Gasteiger partial charge >= 0.3 is 5.97 Å². The number of fused-ring (bicyclic) bond motifs is 2. The molecule has 1 aromatic heterocycles. The summed E-state index contributed by atoms with van der Waals surface area (Å²) in [5.41, 5.74) is 0.431. The Labute approximate surface area is 203 Å². The molecule has 1 unspecified atom stereocenters. The Morgan fingerprint density at radius 3 is 2.32 bits per heavy atom. The lowest BCUT2D eigenvalue weighted by Crippen LogP contribution is -2.25. The van der Waals surface area contributed by atoms with E-state index in [1.54, 1.807) is 30.3 Å². The third kappa shape index (κ3) is 4.30. The smallest absolute Gasteiger partial charge is 0.340 e. The maximum atomic E-state index is 13.0. The van der Waals surface area contributed by atoms with Gasteiger partial charge in [0.1, 0.15) is 0 Å². The van der Waals surface area contributed by atoms with Crippen LogP contribution in [0.4, 0.5) is 0 Å². The van der Waals surface area contributed by atoms with Crippen molar-refractivity contribution < 1.29 is 28.7 Å². The highest BCUT2D eigenvalue weighted by Crippen LogP contribution is 2.34. The molecular weight excluding hydrogens is 478 g/mol. The summed E-state index contributed by atoms with van der Waals surface area (Å²) in [5, 5.41) is 2.46. The standard InChI is InChI=1S/C25H18ClNO6S/c1-12(22(29)19-10-7-14(34-19)11-27-13(2)28)33-25(32)18-9-8-17-20(21(18)26)24(31)16-6-4-3-5-15(16)23(17)30/h3-10,12H,11H2,1-2H3,(H,27,28). The lowest BCUT2D eigenvalue weighted by Gasteiger charge is -2.20. The van der Waals surface area contributed by atoms with E-state index in [2.05, 4.69) is 5.32 Å². The number of halogens is 1. The van der Waals surface area contributed by atoms with E-state index in [0.717, 1.165) is 4.88 Å². The average molecular weight is 496 g/mol. The van der Waals surface area contributed by atoms with Gasteiger partial charge in [-0.3, -0.25) is 19.2 Å². The van der Waals surface area contributed by atoms with Crippen LogP contribution in [-0.2, 0) is 16.1 Å². The van der Waals surface area contributed by atoms with Crippen LogP contribution in [0.25, 0.3) is 0 Å². The van der Waals surface area contributed by atoms with Crippen molar-refractivity contribution in [3.05, 3.63) is 91.1 Å². The van der Waals surface area contributed by atoms with E-state index >= 15 is 0 Å². The molecule has 0 spiro atoms. The van der Waals surface area contributed by atoms with Crippen LogP contribution in [0.2, 0.25) is 5.02 Å². The van der Waals surface area contributed by atoms with Crippen LogP contribution < -0.4 is 5.32 Å². The molecule has 0 saturated heterocycles. The van der Waals surface area contributed by atoms with Crippen LogP contribution in [-0.4, -0.2) is 35.3 Å². The molecule has 3 aromatic rings. The number of hydrogen-bond acceptors (Lipinski definition) is 7. The molecule has 7 nitrogen and oxygen atoms in total. The van der Waals surface area contributed by atoms with Gasteiger partial charge in [-0.15, -0.1) is 11.3 Å². The third-order valence-electron chi connectivity index (χ3n) is 5.32. The highest BCUT2D eigenvalue weighted by atomic mass is 35.5. The quantitative estimate of drug-likeness (QED) is 0.317. The van der Waals surface area contributed by atoms with Crippen molar-refractivity contribution in [2.45, 2.75) is 26.5 Å². The molecule has 1 amide bonds. The molecule has 1 atom stereocenters. The van der Waals surface area contributed by atoms with Crippen LogP contribution in [0, 0.1) is 0 Å². The lowest BCUT2D eigenvalue weighted by molar-refractivity contribution is -0.119. The van der Waals surface area contributed by atoms with Gasteiger partial charge in [0.05, 0.1) is 27.6 Å². The summed E-state index contributed by atoms with van der Waals surface area (Å²) in [7, 11) is 0. The first-order chi connectivity index (χ1) is 16.2. The molecule has 1 heterocycles. The van der Waals surface area contributed by atoms with Crippen LogP contribution >= 0.6 is 22.9 Å². The largest absolute Gasteiger partial charge is 0.451 e. The van der Waals surface area contributed by atoms with Crippen LogP contribution in [0.1, 0.15) is 70.6 Å². The van der Waals surface area contributed by atoms with E-state index in [0.29, 0.717) is 11.4 Å². The van der Waals surface area contributed by atoms with E-state index in [4.69, 9.17) is 16.3 Å². The molecule has 0 bridgehead atoms. The zero-order valence-corrected chi connectivity index (χ0v) is 19.7. The zero-order chi connectivity index (χ0) is 24.6. The van der Waals surface area contributed by atoms with Gasteiger partial charge < -0.3 is 10.1 Å². The molecule has 0 aliphatic heterocycles. The van der Waals surface area contributed by atoms with Crippen LogP contribution in [0.5, 0.6) is 0 Å². The number of benzene rings is 2. The summed E-state index contributed by atoms with van der Waals surface area (Å²) in [6, 6.07) is 12.4. The fraction of sp³-hybridized carbons (Fsp3) is 0.160. The van der Waals surface area contributed by atoms with E-state index in [9.17, 15) is 24.0 Å². The minimum absolute atomic E-state index is 0.0559. The topological polar surface area (TPSA) is 107 Å². The Morgan fingerprint density at radius 2 is 1.65 bits per heavy atom. The number of thiophene rings is 1. The molecule has 0 fully saturated rings. The Morgan fingerprint density at radius 1 is 0.971 bits per heavy atom. The molecule has 1 N–H and O–H groups in total. The SMILES string of the molecule is CC(=O)NCc1ccc(C(=O)C(C)OC(=O)c2ccc3c(c2Cl)C(=O)c2ccccc2C3=O)s1. The first-order valence-corrected chi connectivity index (χ1v) is 11.5. The molecule has 1 aliphatic carbocycles. The second-order valence-corrected chi connectivity index (χ2v) is 9.19. The summed E-state index contributed by atoms with van der Waals surface area (Å²) in [4.78, 5) is 63.5. The summed E-state index contributed by atoms with van der Waals surface area (Å²) in [6.07, 6.45) is -1.12. The van der Waals surface area contributed by atoms with E-state index in [1.165, 1.54) is 43.4 Å². The van der Waals surface area contributed by atoms with Crippen LogP contribution in [0.3, 0.4) is 0 Å². The van der Waals surface area contributed by atoms with Gasteiger partial charge in [0, 0.05) is 28.5 Å². The first-order valence-electron chi connectivity index (χ1n) is 10.3. The van der Waals surface area contributed by atoms with Gasteiger partial charge in [-0.25, -0.2) is 4.79 Å². The molecule has 0 radical (unpaired) electrons. The van der Waals surface area contributed by atoms with Crippen molar-refractivity contribution in [1.29, 1.82) is 0 Å². The zero-order valence-electron chi connectivity index (χ0n) is 18.1. The predicted molar refractivity (Wildman–Crippen MR) is 126 cm³/mol. The van der Waals surface area contributed by atoms with Crippen molar-refractivity contribution >= 4 is 52.2 Å². The van der Waals surface area contributed by atoms with Gasteiger partial charge in [0.2, 0.25) is 11.7 Å². The van der Waals surface area contributed by atoms with Gasteiger partial charge in [0.25, 0.3) is 0 Å². The van der Waals surface area contributed by atoms with Gasteiger partial charge in [-0.2, -0.15) is 0 Å². The summed E-state index contributed by atoms with van der Waals surface area (Å²) in [6.45, 7) is 3.13. The third-order valence-corrected chi connectivity index (χ3v) is 6.81. The second-order valence-electron chi connectivity index (χ2n) is 7.64. The van der Waals surface area contributed by atoms with Crippen molar-refractivity contribution in [3.63, 3.8) is 0 Å².